The summed E-state index contributed by atoms with van der Waals surface area (Å²) in [5.74, 6) is 0.0507. The van der Waals surface area contributed by atoms with Gasteiger partial charge in [-0.15, -0.1) is 0 Å². The largest absolute Gasteiger partial charge is 0.490 e. The first kappa shape index (κ1) is 17.5. The average Bonchev–Trinajstić information content (AvgIpc) is 2.41. The van der Waals surface area contributed by atoms with Gasteiger partial charge in [-0.3, -0.25) is 0 Å². The van der Waals surface area contributed by atoms with Crippen LogP contribution in [-0.4, -0.2) is 37.4 Å². The number of aliphatic hydroxyl groups is 1. The molecule has 120 valence electrons. The molecule has 1 atom stereocenters. The Balaban J connectivity index is 2.65. The second-order valence-corrected chi connectivity index (χ2v) is 4.13. The third kappa shape index (κ3) is 6.17. The van der Waals surface area contributed by atoms with Crippen LogP contribution in [-0.2, 0) is 6.54 Å². The van der Waals surface area contributed by atoms with Crippen LogP contribution in [0, 0.1) is 0 Å². The fraction of sp³-hybridized carbons (Fsp3) is 0.538. The molecule has 1 rings (SSSR count). The van der Waals surface area contributed by atoms with Gasteiger partial charge in [0.05, 0.1) is 6.61 Å². The van der Waals surface area contributed by atoms with Crippen LogP contribution in [0.25, 0.3) is 0 Å². The standard InChI is InChI=1S/C13H17F4NO3/c1-2-20-11-5-8(3-4-10(11)21-13(16)17)6-18-7-9(19)12(14)15/h3-5,9,12-13,18-19H,2,6-7H2,1H3. The van der Waals surface area contributed by atoms with E-state index in [-0.39, 0.29) is 31.2 Å². The van der Waals surface area contributed by atoms with Gasteiger partial charge < -0.3 is 19.9 Å². The van der Waals surface area contributed by atoms with Crippen molar-refractivity contribution >= 4 is 0 Å². The van der Waals surface area contributed by atoms with Gasteiger partial charge in [-0.2, -0.15) is 8.78 Å². The third-order valence-corrected chi connectivity index (χ3v) is 2.50. The number of aliphatic hydroxyl groups excluding tert-OH is 1. The summed E-state index contributed by atoms with van der Waals surface area (Å²) in [5.41, 5.74) is 0.626. The summed E-state index contributed by atoms with van der Waals surface area (Å²) in [4.78, 5) is 0. The second kappa shape index (κ2) is 8.68. The third-order valence-electron chi connectivity index (χ3n) is 2.50. The topological polar surface area (TPSA) is 50.7 Å². The van der Waals surface area contributed by atoms with E-state index in [1.54, 1.807) is 6.92 Å². The highest BCUT2D eigenvalue weighted by Crippen LogP contribution is 2.29. The number of alkyl halides is 4. The van der Waals surface area contributed by atoms with Crippen molar-refractivity contribution < 1.29 is 32.1 Å². The Morgan fingerprint density at radius 3 is 2.48 bits per heavy atom. The molecule has 0 aliphatic carbocycles. The van der Waals surface area contributed by atoms with Crippen LogP contribution in [0.15, 0.2) is 18.2 Å². The van der Waals surface area contributed by atoms with Gasteiger partial charge >= 0.3 is 6.61 Å². The minimum Gasteiger partial charge on any atom is -0.490 e. The molecule has 0 fully saturated rings. The van der Waals surface area contributed by atoms with Gasteiger partial charge in [-0.1, -0.05) is 6.07 Å². The van der Waals surface area contributed by atoms with Gasteiger partial charge in [0, 0.05) is 13.1 Å². The molecule has 0 saturated heterocycles. The first-order valence-corrected chi connectivity index (χ1v) is 6.31. The Bertz CT molecular complexity index is 432. The zero-order chi connectivity index (χ0) is 15.8. The molecule has 0 spiro atoms. The van der Waals surface area contributed by atoms with E-state index in [2.05, 4.69) is 10.1 Å². The summed E-state index contributed by atoms with van der Waals surface area (Å²) < 4.78 is 58.1. The number of benzene rings is 1. The molecular formula is C13H17F4NO3. The van der Waals surface area contributed by atoms with Gasteiger partial charge in [0.1, 0.15) is 6.10 Å². The van der Waals surface area contributed by atoms with Crippen molar-refractivity contribution in [2.24, 2.45) is 0 Å². The van der Waals surface area contributed by atoms with Gasteiger partial charge in [-0.25, -0.2) is 8.78 Å². The SMILES string of the molecule is CCOc1cc(CNCC(O)C(F)F)ccc1OC(F)F. The summed E-state index contributed by atoms with van der Waals surface area (Å²) >= 11 is 0. The minimum absolute atomic E-state index is 0.0942. The zero-order valence-electron chi connectivity index (χ0n) is 11.4. The fourth-order valence-electron chi connectivity index (χ4n) is 1.58. The molecule has 0 amide bonds. The number of rotatable bonds is 9. The highest BCUT2D eigenvalue weighted by Gasteiger charge is 2.16. The molecule has 0 heterocycles. The Morgan fingerprint density at radius 2 is 1.90 bits per heavy atom. The molecule has 0 aromatic heterocycles. The first-order valence-electron chi connectivity index (χ1n) is 6.31. The molecule has 1 aromatic carbocycles. The van der Waals surface area contributed by atoms with E-state index in [1.165, 1.54) is 18.2 Å². The molecule has 0 aliphatic heterocycles. The van der Waals surface area contributed by atoms with Crippen LogP contribution in [0.3, 0.4) is 0 Å². The number of hydrogen-bond acceptors (Lipinski definition) is 4. The molecule has 1 unspecified atom stereocenters. The van der Waals surface area contributed by atoms with Crippen molar-refractivity contribution in [1.29, 1.82) is 0 Å². The van der Waals surface area contributed by atoms with Crippen LogP contribution >= 0.6 is 0 Å². The smallest absolute Gasteiger partial charge is 0.387 e. The molecule has 21 heavy (non-hydrogen) atoms. The molecule has 8 heteroatoms. The fourth-order valence-corrected chi connectivity index (χ4v) is 1.58. The van der Waals surface area contributed by atoms with Crippen LogP contribution in [0.2, 0.25) is 0 Å². The Kier molecular flexibility index (Phi) is 7.24. The Hall–Kier alpha value is -1.54. The predicted molar refractivity (Wildman–Crippen MR) is 68.0 cm³/mol. The van der Waals surface area contributed by atoms with E-state index in [0.29, 0.717) is 5.56 Å². The highest BCUT2D eigenvalue weighted by atomic mass is 19.3. The van der Waals surface area contributed by atoms with Crippen molar-refractivity contribution in [3.8, 4) is 11.5 Å². The van der Waals surface area contributed by atoms with Gasteiger partial charge in [0.2, 0.25) is 0 Å². The maximum absolute atomic E-state index is 12.2. The van der Waals surface area contributed by atoms with Gasteiger partial charge in [0.25, 0.3) is 6.43 Å². The minimum atomic E-state index is -2.96. The van der Waals surface area contributed by atoms with Crippen LogP contribution < -0.4 is 14.8 Å². The lowest BCUT2D eigenvalue weighted by atomic mass is 10.2. The number of halogens is 4. The highest BCUT2D eigenvalue weighted by molar-refractivity contribution is 5.43. The normalized spacial score (nSPS) is 12.8. The van der Waals surface area contributed by atoms with Crippen LogP contribution in [0.1, 0.15) is 12.5 Å². The van der Waals surface area contributed by atoms with E-state index in [9.17, 15) is 17.6 Å². The summed E-state index contributed by atoms with van der Waals surface area (Å²) in [6.45, 7) is -1.11. The lowest BCUT2D eigenvalue weighted by Crippen LogP contribution is -2.31. The van der Waals surface area contributed by atoms with Crippen molar-refractivity contribution in [1.82, 2.24) is 5.32 Å². The maximum Gasteiger partial charge on any atom is 0.387 e. The van der Waals surface area contributed by atoms with Crippen molar-refractivity contribution in [2.45, 2.75) is 32.6 Å². The first-order chi connectivity index (χ1) is 9.93. The zero-order valence-corrected chi connectivity index (χ0v) is 11.4. The van der Waals surface area contributed by atoms with E-state index in [4.69, 9.17) is 9.84 Å². The Morgan fingerprint density at radius 1 is 1.19 bits per heavy atom. The van der Waals surface area contributed by atoms with E-state index in [0.717, 1.165) is 0 Å². The number of hydrogen-bond donors (Lipinski definition) is 2. The van der Waals surface area contributed by atoms with Gasteiger partial charge in [0.15, 0.2) is 11.5 Å². The van der Waals surface area contributed by atoms with Crippen LogP contribution in [0.4, 0.5) is 17.6 Å². The lowest BCUT2D eigenvalue weighted by Gasteiger charge is -2.14. The molecule has 2 N–H and O–H groups in total. The summed E-state index contributed by atoms with van der Waals surface area (Å²) in [5, 5.41) is 11.6. The van der Waals surface area contributed by atoms with E-state index >= 15 is 0 Å². The average molecular weight is 311 g/mol. The van der Waals surface area contributed by atoms with Crippen molar-refractivity contribution in [2.75, 3.05) is 13.2 Å². The monoisotopic (exact) mass is 311 g/mol. The predicted octanol–water partition coefficient (Wildman–Crippen LogP) is 2.40. The summed E-state index contributed by atoms with van der Waals surface area (Å²) in [6.07, 6.45) is -4.57. The van der Waals surface area contributed by atoms with Crippen LogP contribution in [0.5, 0.6) is 11.5 Å². The quantitative estimate of drug-likeness (QED) is 0.688. The molecular weight excluding hydrogens is 294 g/mol. The molecule has 0 saturated carbocycles. The summed E-state index contributed by atoms with van der Waals surface area (Å²) in [7, 11) is 0. The molecule has 0 aliphatic rings. The van der Waals surface area contributed by atoms with Gasteiger partial charge in [-0.05, 0) is 24.6 Å². The Labute approximate surface area is 119 Å². The van der Waals surface area contributed by atoms with E-state index < -0.39 is 19.1 Å². The molecule has 0 radical (unpaired) electrons. The number of ether oxygens (including phenoxy) is 2. The lowest BCUT2D eigenvalue weighted by molar-refractivity contribution is -0.0514. The molecule has 4 nitrogen and oxygen atoms in total. The van der Waals surface area contributed by atoms with Crippen molar-refractivity contribution in [3.05, 3.63) is 23.8 Å². The second-order valence-electron chi connectivity index (χ2n) is 4.13. The molecule has 0 bridgehead atoms. The molecule has 1 aromatic rings. The number of nitrogens with one attached hydrogen (secondary N) is 1. The van der Waals surface area contributed by atoms with E-state index in [1.807, 2.05) is 0 Å². The maximum atomic E-state index is 12.2. The van der Waals surface area contributed by atoms with Crippen molar-refractivity contribution in [3.63, 3.8) is 0 Å². The summed E-state index contributed by atoms with van der Waals surface area (Å²) in [6, 6.07) is 4.29.